The molecule has 0 saturated carbocycles. The van der Waals surface area contributed by atoms with Crippen LogP contribution in [0.5, 0.6) is 0 Å². The van der Waals surface area contributed by atoms with Crippen LogP contribution in [0.1, 0.15) is 27.3 Å². The predicted molar refractivity (Wildman–Crippen MR) is 128 cm³/mol. The van der Waals surface area contributed by atoms with Gasteiger partial charge in [0.15, 0.2) is 5.78 Å². The average Bonchev–Trinajstić information content (AvgIpc) is 3.53. The zero-order chi connectivity index (χ0) is 22.5. The number of allylic oxidation sites excluding steroid dienone is 1. The molecule has 1 aliphatic rings. The molecule has 1 aliphatic carbocycles. The van der Waals surface area contributed by atoms with E-state index in [4.69, 9.17) is 5.73 Å². The molecule has 0 bridgehead atoms. The van der Waals surface area contributed by atoms with Crippen LogP contribution in [0.2, 0.25) is 0 Å². The second-order valence-corrected chi connectivity index (χ2v) is 8.18. The lowest BCUT2D eigenvalue weighted by atomic mass is 10.0. The minimum atomic E-state index is -0.104. The number of pyridine rings is 1. The summed E-state index contributed by atoms with van der Waals surface area (Å²) in [7, 11) is 0. The van der Waals surface area contributed by atoms with Gasteiger partial charge in [0.1, 0.15) is 11.6 Å². The molecule has 0 spiro atoms. The number of rotatable bonds is 4. The zero-order valence-electron chi connectivity index (χ0n) is 17.9. The highest BCUT2D eigenvalue weighted by atomic mass is 16.1. The molecule has 7 heteroatoms. The van der Waals surface area contributed by atoms with Crippen molar-refractivity contribution in [1.82, 2.24) is 24.7 Å². The molecular weight excluding hydrogens is 412 g/mol. The number of aryl methyl sites for hydroxylation is 1. The molecule has 5 aromatic rings. The number of fused-ring (bicyclic) bond motifs is 2. The molecule has 33 heavy (non-hydrogen) atoms. The smallest absolute Gasteiger partial charge is 0.194 e. The molecule has 2 aromatic carbocycles. The lowest BCUT2D eigenvalue weighted by Gasteiger charge is -2.06. The Morgan fingerprint density at radius 3 is 2.88 bits per heavy atom. The number of nitrogens with two attached hydrogens (primary N) is 1. The quantitative estimate of drug-likeness (QED) is 0.407. The Bertz CT molecular complexity index is 1580. The largest absolute Gasteiger partial charge is 0.383 e. The number of anilines is 1. The maximum atomic E-state index is 13.3. The fraction of sp³-hybridized carbons (Fsp3) is 0.0769. The van der Waals surface area contributed by atoms with Gasteiger partial charge in [-0.15, -0.1) is 0 Å². The molecule has 3 N–H and O–H groups in total. The molecule has 7 nitrogen and oxygen atoms in total. The molecule has 0 aliphatic heterocycles. The second-order valence-electron chi connectivity index (χ2n) is 8.18. The van der Waals surface area contributed by atoms with Gasteiger partial charge in [-0.2, -0.15) is 5.10 Å². The highest BCUT2D eigenvalue weighted by Gasteiger charge is 2.24. The van der Waals surface area contributed by atoms with E-state index in [-0.39, 0.29) is 5.78 Å². The van der Waals surface area contributed by atoms with Gasteiger partial charge in [-0.1, -0.05) is 18.2 Å². The molecule has 0 atom stereocenters. The minimum Gasteiger partial charge on any atom is -0.383 e. The molecule has 3 aromatic heterocycles. The van der Waals surface area contributed by atoms with Gasteiger partial charge in [-0.25, -0.2) is 9.67 Å². The van der Waals surface area contributed by atoms with Gasteiger partial charge in [0.25, 0.3) is 0 Å². The van der Waals surface area contributed by atoms with E-state index in [0.717, 1.165) is 44.9 Å². The van der Waals surface area contributed by atoms with Gasteiger partial charge >= 0.3 is 0 Å². The van der Waals surface area contributed by atoms with Crippen LogP contribution in [-0.4, -0.2) is 30.5 Å². The SMILES string of the molecule is Cc1nc2ccc(-n3ncc(C(=O)C4=Cc5ccc(-c6ccccn6)cc5C4)c3N)cc2[nH]1. The van der Waals surface area contributed by atoms with Gasteiger partial charge < -0.3 is 10.7 Å². The number of aromatic amines is 1. The Morgan fingerprint density at radius 2 is 2.03 bits per heavy atom. The van der Waals surface area contributed by atoms with Crippen LogP contribution in [0.3, 0.4) is 0 Å². The van der Waals surface area contributed by atoms with Crippen molar-refractivity contribution >= 4 is 28.7 Å². The first-order valence-electron chi connectivity index (χ1n) is 10.7. The van der Waals surface area contributed by atoms with E-state index in [1.807, 2.05) is 61.5 Å². The van der Waals surface area contributed by atoms with Crippen molar-refractivity contribution < 1.29 is 4.79 Å². The molecule has 6 rings (SSSR count). The third kappa shape index (κ3) is 3.22. The highest BCUT2D eigenvalue weighted by Crippen LogP contribution is 2.32. The first-order valence-corrected chi connectivity index (χ1v) is 10.7. The van der Waals surface area contributed by atoms with Crippen molar-refractivity contribution in [3.63, 3.8) is 0 Å². The van der Waals surface area contributed by atoms with E-state index in [9.17, 15) is 4.79 Å². The Labute approximate surface area is 189 Å². The number of carbonyl (C=O) groups is 1. The van der Waals surface area contributed by atoms with Crippen molar-refractivity contribution in [2.45, 2.75) is 13.3 Å². The van der Waals surface area contributed by atoms with Crippen LogP contribution in [-0.2, 0) is 6.42 Å². The topological polar surface area (TPSA) is 102 Å². The number of ketones is 1. The zero-order valence-corrected chi connectivity index (χ0v) is 17.9. The Morgan fingerprint density at radius 1 is 1.12 bits per heavy atom. The summed E-state index contributed by atoms with van der Waals surface area (Å²) >= 11 is 0. The van der Waals surface area contributed by atoms with E-state index in [0.29, 0.717) is 23.4 Å². The number of nitrogens with one attached hydrogen (secondary N) is 1. The maximum absolute atomic E-state index is 13.3. The molecule has 160 valence electrons. The molecule has 3 heterocycles. The van der Waals surface area contributed by atoms with E-state index in [2.05, 4.69) is 26.1 Å². The van der Waals surface area contributed by atoms with E-state index < -0.39 is 0 Å². The number of carbonyl (C=O) groups excluding carboxylic acids is 1. The van der Waals surface area contributed by atoms with E-state index in [1.54, 1.807) is 17.1 Å². The van der Waals surface area contributed by atoms with Gasteiger partial charge in [0.2, 0.25) is 0 Å². The monoisotopic (exact) mass is 432 g/mol. The van der Waals surface area contributed by atoms with Crippen molar-refractivity contribution in [2.75, 3.05) is 5.73 Å². The summed E-state index contributed by atoms with van der Waals surface area (Å²) in [6, 6.07) is 17.7. The molecule has 0 radical (unpaired) electrons. The predicted octanol–water partition coefficient (Wildman–Crippen LogP) is 4.52. The van der Waals surface area contributed by atoms with Gasteiger partial charge in [0.05, 0.1) is 34.2 Å². The van der Waals surface area contributed by atoms with Crippen LogP contribution in [0.25, 0.3) is 34.1 Å². The summed E-state index contributed by atoms with van der Waals surface area (Å²) in [5, 5.41) is 4.40. The number of hydrogen-bond donors (Lipinski definition) is 2. The first-order chi connectivity index (χ1) is 16.1. The number of hydrogen-bond acceptors (Lipinski definition) is 5. The van der Waals surface area contributed by atoms with Crippen LogP contribution in [0, 0.1) is 6.92 Å². The lowest BCUT2D eigenvalue weighted by molar-refractivity contribution is 0.103. The van der Waals surface area contributed by atoms with Crippen LogP contribution in [0.15, 0.2) is 72.6 Å². The molecular formula is C26H20N6O. The van der Waals surface area contributed by atoms with Crippen LogP contribution < -0.4 is 5.73 Å². The Balaban J connectivity index is 1.29. The average molecular weight is 432 g/mol. The number of Topliss-reactive ketones (excluding diaryl/α,β-unsaturated/α-hetero) is 1. The molecule has 0 saturated heterocycles. The number of nitrogens with zero attached hydrogens (tertiary/aromatic N) is 4. The molecule has 0 unspecified atom stereocenters. The van der Waals surface area contributed by atoms with Crippen molar-refractivity contribution in [1.29, 1.82) is 0 Å². The summed E-state index contributed by atoms with van der Waals surface area (Å²) < 4.78 is 1.59. The Kier molecular flexibility index (Phi) is 4.23. The van der Waals surface area contributed by atoms with Crippen molar-refractivity contribution in [3.8, 4) is 16.9 Å². The minimum absolute atomic E-state index is 0.104. The van der Waals surface area contributed by atoms with Gasteiger partial charge in [-0.3, -0.25) is 9.78 Å². The van der Waals surface area contributed by atoms with Crippen molar-refractivity contribution in [2.24, 2.45) is 0 Å². The second kappa shape index (κ2) is 7.27. The summed E-state index contributed by atoms with van der Waals surface area (Å²) in [6.45, 7) is 1.91. The summed E-state index contributed by atoms with van der Waals surface area (Å²) in [5.74, 6) is 1.06. The standard InChI is InChI=1S/C26H20N6O/c1-15-30-23-8-7-20(13-24(23)31-15)32-26(27)21(14-29-32)25(33)19-10-16-5-6-17(11-18(16)12-19)22-4-2-3-9-28-22/h2-11,13-14H,12,27H2,1H3,(H,30,31). The fourth-order valence-electron chi connectivity index (χ4n) is 4.35. The van der Waals surface area contributed by atoms with Crippen LogP contribution >= 0.6 is 0 Å². The molecule has 0 fully saturated rings. The summed E-state index contributed by atoms with van der Waals surface area (Å²) in [4.78, 5) is 25.4. The maximum Gasteiger partial charge on any atom is 0.194 e. The van der Waals surface area contributed by atoms with Gasteiger partial charge in [-0.05, 0) is 60.5 Å². The summed E-state index contributed by atoms with van der Waals surface area (Å²) in [5.41, 5.74) is 14.1. The number of H-pyrrole nitrogens is 1. The normalized spacial score (nSPS) is 12.7. The number of benzene rings is 2. The lowest BCUT2D eigenvalue weighted by Crippen LogP contribution is -2.08. The van der Waals surface area contributed by atoms with E-state index in [1.165, 1.54) is 0 Å². The third-order valence-electron chi connectivity index (χ3n) is 5.99. The number of aromatic nitrogens is 5. The third-order valence-corrected chi connectivity index (χ3v) is 5.99. The van der Waals surface area contributed by atoms with Crippen molar-refractivity contribution in [3.05, 3.63) is 95.1 Å². The van der Waals surface area contributed by atoms with Gasteiger partial charge in [0, 0.05) is 23.8 Å². The highest BCUT2D eigenvalue weighted by molar-refractivity contribution is 6.15. The van der Waals surface area contributed by atoms with E-state index >= 15 is 0 Å². The number of nitrogen functional groups attached to an aromatic ring is 1. The number of imidazole rings is 1. The molecule has 0 amide bonds. The first kappa shape index (κ1) is 19.2. The fourth-order valence-corrected chi connectivity index (χ4v) is 4.35. The van der Waals surface area contributed by atoms with Crippen LogP contribution in [0.4, 0.5) is 5.82 Å². The summed E-state index contributed by atoms with van der Waals surface area (Å²) in [6.07, 6.45) is 5.82. The Hall–Kier alpha value is -4.52.